The summed E-state index contributed by atoms with van der Waals surface area (Å²) in [5, 5.41) is 0. The molecule has 3 N–H and O–H groups in total. The first-order valence-electron chi connectivity index (χ1n) is 5.97. The van der Waals surface area contributed by atoms with Gasteiger partial charge in [0.1, 0.15) is 0 Å². The van der Waals surface area contributed by atoms with Crippen molar-refractivity contribution < 1.29 is 0 Å². The Morgan fingerprint density at radius 1 is 1.38 bits per heavy atom. The van der Waals surface area contributed by atoms with Gasteiger partial charge in [0.15, 0.2) is 0 Å². The van der Waals surface area contributed by atoms with Crippen LogP contribution in [0, 0.1) is 5.41 Å². The van der Waals surface area contributed by atoms with Gasteiger partial charge in [-0.2, -0.15) is 0 Å². The molecule has 0 bridgehead atoms. The van der Waals surface area contributed by atoms with Crippen LogP contribution >= 0.6 is 0 Å². The summed E-state index contributed by atoms with van der Waals surface area (Å²) >= 11 is 0. The molecule has 1 fully saturated rings. The summed E-state index contributed by atoms with van der Waals surface area (Å²) in [5.41, 5.74) is 4.44. The quantitative estimate of drug-likeness (QED) is 0.601. The van der Waals surface area contributed by atoms with Gasteiger partial charge >= 0.3 is 0 Å². The van der Waals surface area contributed by atoms with E-state index in [0.717, 1.165) is 19.6 Å². The number of anilines is 1. The maximum atomic E-state index is 5.46. The van der Waals surface area contributed by atoms with Crippen molar-refractivity contribution in [1.29, 1.82) is 0 Å². The average molecular weight is 219 g/mol. The van der Waals surface area contributed by atoms with Crippen LogP contribution in [-0.2, 0) is 0 Å². The average Bonchev–Trinajstić information content (AvgIpc) is 2.30. The zero-order valence-corrected chi connectivity index (χ0v) is 9.95. The summed E-state index contributed by atoms with van der Waals surface area (Å²) in [6.45, 7) is 5.43. The third kappa shape index (κ3) is 2.54. The van der Waals surface area contributed by atoms with Crippen molar-refractivity contribution in [3.63, 3.8) is 0 Å². The van der Waals surface area contributed by atoms with Gasteiger partial charge < -0.3 is 4.90 Å². The van der Waals surface area contributed by atoms with Crippen molar-refractivity contribution in [2.24, 2.45) is 11.3 Å². The number of piperidine rings is 1. The molecule has 0 aliphatic carbocycles. The highest BCUT2D eigenvalue weighted by molar-refractivity contribution is 5.46. The fraction of sp³-hybridized carbons (Fsp3) is 0.538. The van der Waals surface area contributed by atoms with Crippen LogP contribution in [-0.4, -0.2) is 19.6 Å². The van der Waals surface area contributed by atoms with Crippen molar-refractivity contribution in [2.75, 3.05) is 24.5 Å². The van der Waals surface area contributed by atoms with Gasteiger partial charge in [-0.05, 0) is 30.4 Å². The molecular weight excluding hydrogens is 198 g/mol. The van der Waals surface area contributed by atoms with Gasteiger partial charge in [0.05, 0.1) is 0 Å². The van der Waals surface area contributed by atoms with Crippen molar-refractivity contribution in [3.05, 3.63) is 30.3 Å². The monoisotopic (exact) mass is 219 g/mol. The predicted octanol–water partition coefficient (Wildman–Crippen LogP) is 1.76. The van der Waals surface area contributed by atoms with E-state index in [2.05, 4.69) is 47.6 Å². The minimum absolute atomic E-state index is 0.294. The highest BCUT2D eigenvalue weighted by atomic mass is 15.2. The SMILES string of the molecule is CC1(CNN)CCCN(c2ccccc2)C1. The second-order valence-corrected chi connectivity index (χ2v) is 5.05. The van der Waals surface area contributed by atoms with Gasteiger partial charge in [-0.3, -0.25) is 11.3 Å². The minimum Gasteiger partial charge on any atom is -0.371 e. The lowest BCUT2D eigenvalue weighted by atomic mass is 9.82. The van der Waals surface area contributed by atoms with Crippen molar-refractivity contribution >= 4 is 5.69 Å². The van der Waals surface area contributed by atoms with E-state index in [-0.39, 0.29) is 0 Å². The second-order valence-electron chi connectivity index (χ2n) is 5.05. The molecule has 0 radical (unpaired) electrons. The zero-order valence-electron chi connectivity index (χ0n) is 9.95. The molecule has 1 heterocycles. The molecule has 1 aromatic carbocycles. The molecular formula is C13H21N3. The van der Waals surface area contributed by atoms with E-state index in [9.17, 15) is 0 Å². The third-order valence-electron chi connectivity index (χ3n) is 3.43. The Labute approximate surface area is 97.6 Å². The van der Waals surface area contributed by atoms with E-state index in [0.29, 0.717) is 5.41 Å². The molecule has 2 rings (SSSR count). The van der Waals surface area contributed by atoms with Crippen LogP contribution in [0.4, 0.5) is 5.69 Å². The topological polar surface area (TPSA) is 41.3 Å². The minimum atomic E-state index is 0.294. The predicted molar refractivity (Wildman–Crippen MR) is 68.2 cm³/mol. The fourth-order valence-electron chi connectivity index (χ4n) is 2.57. The molecule has 0 aromatic heterocycles. The molecule has 88 valence electrons. The van der Waals surface area contributed by atoms with Crippen molar-refractivity contribution in [3.8, 4) is 0 Å². The number of hydrogen-bond donors (Lipinski definition) is 2. The number of hydrazine groups is 1. The molecule has 1 saturated heterocycles. The van der Waals surface area contributed by atoms with E-state index in [1.165, 1.54) is 18.5 Å². The van der Waals surface area contributed by atoms with Gasteiger partial charge in [-0.1, -0.05) is 25.1 Å². The van der Waals surface area contributed by atoms with E-state index in [4.69, 9.17) is 5.84 Å². The molecule has 1 atom stereocenters. The summed E-state index contributed by atoms with van der Waals surface area (Å²) < 4.78 is 0. The lowest BCUT2D eigenvalue weighted by Crippen LogP contribution is -2.48. The number of nitrogens with zero attached hydrogens (tertiary/aromatic N) is 1. The molecule has 0 spiro atoms. The molecule has 1 unspecified atom stereocenters. The summed E-state index contributed by atoms with van der Waals surface area (Å²) in [7, 11) is 0. The first kappa shape index (κ1) is 11.4. The van der Waals surface area contributed by atoms with E-state index in [1.807, 2.05) is 0 Å². The summed E-state index contributed by atoms with van der Waals surface area (Å²) in [6.07, 6.45) is 2.49. The summed E-state index contributed by atoms with van der Waals surface area (Å²) in [5.74, 6) is 5.46. The lowest BCUT2D eigenvalue weighted by molar-refractivity contribution is 0.251. The maximum absolute atomic E-state index is 5.46. The Bertz CT molecular complexity index is 321. The molecule has 1 aromatic rings. The highest BCUT2D eigenvalue weighted by Crippen LogP contribution is 2.31. The molecule has 1 aliphatic rings. The van der Waals surface area contributed by atoms with Gasteiger partial charge in [-0.25, -0.2) is 0 Å². The number of nitrogens with two attached hydrogens (primary N) is 1. The number of para-hydroxylation sites is 1. The highest BCUT2D eigenvalue weighted by Gasteiger charge is 2.30. The molecule has 3 nitrogen and oxygen atoms in total. The van der Waals surface area contributed by atoms with Crippen LogP contribution in [0.5, 0.6) is 0 Å². The lowest BCUT2D eigenvalue weighted by Gasteiger charge is -2.41. The van der Waals surface area contributed by atoms with E-state index >= 15 is 0 Å². The molecule has 0 saturated carbocycles. The summed E-state index contributed by atoms with van der Waals surface area (Å²) in [6, 6.07) is 10.6. The Kier molecular flexibility index (Phi) is 3.46. The third-order valence-corrected chi connectivity index (χ3v) is 3.43. The van der Waals surface area contributed by atoms with Crippen LogP contribution in [0.15, 0.2) is 30.3 Å². The molecule has 1 aliphatic heterocycles. The van der Waals surface area contributed by atoms with E-state index < -0.39 is 0 Å². The van der Waals surface area contributed by atoms with Crippen LogP contribution in [0.3, 0.4) is 0 Å². The van der Waals surface area contributed by atoms with Gasteiger partial charge in [-0.15, -0.1) is 0 Å². The smallest absolute Gasteiger partial charge is 0.0366 e. The zero-order chi connectivity index (χ0) is 11.4. The Morgan fingerprint density at radius 2 is 2.12 bits per heavy atom. The van der Waals surface area contributed by atoms with Crippen LogP contribution < -0.4 is 16.2 Å². The Balaban J connectivity index is 2.07. The molecule has 3 heteroatoms. The van der Waals surface area contributed by atoms with Gasteiger partial charge in [0, 0.05) is 25.3 Å². The second kappa shape index (κ2) is 4.85. The standard InChI is InChI=1S/C13H21N3/c1-13(10-15-14)8-5-9-16(11-13)12-6-3-2-4-7-12/h2-4,6-7,15H,5,8-11,14H2,1H3. The molecule has 16 heavy (non-hydrogen) atoms. The number of benzene rings is 1. The first-order chi connectivity index (χ1) is 7.73. The number of hydrogen-bond acceptors (Lipinski definition) is 3. The normalized spacial score (nSPS) is 25.8. The number of rotatable bonds is 3. The van der Waals surface area contributed by atoms with Gasteiger partial charge in [0.2, 0.25) is 0 Å². The Hall–Kier alpha value is -1.06. The van der Waals surface area contributed by atoms with Crippen molar-refractivity contribution in [2.45, 2.75) is 19.8 Å². The van der Waals surface area contributed by atoms with Gasteiger partial charge in [0.25, 0.3) is 0 Å². The van der Waals surface area contributed by atoms with Crippen LogP contribution in [0.2, 0.25) is 0 Å². The number of nitrogens with one attached hydrogen (secondary N) is 1. The fourth-order valence-corrected chi connectivity index (χ4v) is 2.57. The molecule has 0 amide bonds. The van der Waals surface area contributed by atoms with E-state index in [1.54, 1.807) is 0 Å². The maximum Gasteiger partial charge on any atom is 0.0366 e. The van der Waals surface area contributed by atoms with Crippen LogP contribution in [0.25, 0.3) is 0 Å². The Morgan fingerprint density at radius 3 is 2.81 bits per heavy atom. The first-order valence-corrected chi connectivity index (χ1v) is 5.97. The van der Waals surface area contributed by atoms with Crippen LogP contribution in [0.1, 0.15) is 19.8 Å². The summed E-state index contributed by atoms with van der Waals surface area (Å²) in [4.78, 5) is 2.46. The van der Waals surface area contributed by atoms with Crippen molar-refractivity contribution in [1.82, 2.24) is 5.43 Å². The largest absolute Gasteiger partial charge is 0.371 e.